The summed E-state index contributed by atoms with van der Waals surface area (Å²) in [7, 11) is 1.85. The van der Waals surface area contributed by atoms with Gasteiger partial charge in [0.25, 0.3) is 0 Å². The van der Waals surface area contributed by atoms with Crippen LogP contribution in [0.1, 0.15) is 32.2 Å². The number of hydrogen-bond donors (Lipinski definition) is 1. The second-order valence-electron chi connectivity index (χ2n) is 4.17. The average Bonchev–Trinajstić information content (AvgIpc) is 2.29. The van der Waals surface area contributed by atoms with Gasteiger partial charge in [-0.05, 0) is 20.3 Å². The highest BCUT2D eigenvalue weighted by Gasteiger charge is 2.20. The fourth-order valence-electron chi connectivity index (χ4n) is 1.42. The van der Waals surface area contributed by atoms with E-state index >= 15 is 0 Å². The number of aryl methyl sites for hydroxylation is 2. The first kappa shape index (κ1) is 11.5. The molecular formula is C10H17ClN2O. The lowest BCUT2D eigenvalue weighted by Gasteiger charge is -2.17. The second-order valence-corrected chi connectivity index (χ2v) is 4.55. The van der Waals surface area contributed by atoms with Crippen LogP contribution in [0.5, 0.6) is 0 Å². The molecule has 0 atom stereocenters. The first-order valence-corrected chi connectivity index (χ1v) is 5.15. The third-order valence-electron chi connectivity index (χ3n) is 2.10. The first-order chi connectivity index (χ1) is 6.35. The molecule has 0 spiro atoms. The van der Waals surface area contributed by atoms with Crippen molar-refractivity contribution >= 4 is 11.6 Å². The van der Waals surface area contributed by atoms with Gasteiger partial charge >= 0.3 is 0 Å². The Bertz CT molecular complexity index is 326. The van der Waals surface area contributed by atoms with Crippen LogP contribution in [0.25, 0.3) is 0 Å². The van der Waals surface area contributed by atoms with Crippen LogP contribution < -0.4 is 0 Å². The van der Waals surface area contributed by atoms with Crippen LogP contribution >= 0.6 is 11.6 Å². The van der Waals surface area contributed by atoms with Crippen molar-refractivity contribution in [1.82, 2.24) is 9.78 Å². The van der Waals surface area contributed by atoms with Crippen molar-refractivity contribution in [2.24, 2.45) is 7.05 Å². The van der Waals surface area contributed by atoms with E-state index in [4.69, 9.17) is 11.6 Å². The third kappa shape index (κ3) is 2.49. The third-order valence-corrected chi connectivity index (χ3v) is 2.54. The average molecular weight is 217 g/mol. The van der Waals surface area contributed by atoms with E-state index in [0.29, 0.717) is 11.4 Å². The molecule has 0 aliphatic carbocycles. The van der Waals surface area contributed by atoms with Crippen LogP contribution in [-0.4, -0.2) is 20.5 Å². The van der Waals surface area contributed by atoms with Crippen molar-refractivity contribution in [3.63, 3.8) is 0 Å². The maximum Gasteiger partial charge on any atom is 0.0850 e. The summed E-state index contributed by atoms with van der Waals surface area (Å²) in [6.45, 7) is 5.55. The van der Waals surface area contributed by atoms with Gasteiger partial charge in [-0.3, -0.25) is 4.68 Å². The van der Waals surface area contributed by atoms with Crippen molar-refractivity contribution in [1.29, 1.82) is 0 Å². The number of hydrogen-bond acceptors (Lipinski definition) is 2. The lowest BCUT2D eigenvalue weighted by Crippen LogP contribution is -2.23. The minimum atomic E-state index is -0.748. The van der Waals surface area contributed by atoms with Crippen molar-refractivity contribution in [3.05, 3.63) is 16.4 Å². The molecule has 0 saturated heterocycles. The highest BCUT2D eigenvalue weighted by molar-refractivity contribution is 6.31. The molecular weight excluding hydrogens is 200 g/mol. The highest BCUT2D eigenvalue weighted by Crippen LogP contribution is 2.24. The molecule has 1 N–H and O–H groups in total. The Kier molecular flexibility index (Phi) is 3.22. The van der Waals surface area contributed by atoms with Gasteiger partial charge in [0.05, 0.1) is 22.0 Å². The Morgan fingerprint density at radius 1 is 1.50 bits per heavy atom. The predicted octanol–water partition coefficient (Wildman–Crippen LogP) is 1.95. The van der Waals surface area contributed by atoms with Gasteiger partial charge in [0, 0.05) is 13.5 Å². The molecule has 0 aromatic carbocycles. The molecule has 14 heavy (non-hydrogen) atoms. The van der Waals surface area contributed by atoms with Crippen LogP contribution in [0.15, 0.2) is 0 Å². The van der Waals surface area contributed by atoms with Gasteiger partial charge in [-0.1, -0.05) is 18.5 Å². The Labute approximate surface area is 89.7 Å². The normalized spacial score (nSPS) is 12.1. The molecule has 0 fully saturated rings. The molecule has 0 saturated carbocycles. The summed E-state index contributed by atoms with van der Waals surface area (Å²) in [5.74, 6) is 0. The van der Waals surface area contributed by atoms with Gasteiger partial charge in [-0.15, -0.1) is 0 Å². The summed E-state index contributed by atoms with van der Waals surface area (Å²) in [4.78, 5) is 0. The predicted molar refractivity (Wildman–Crippen MR) is 57.6 cm³/mol. The molecule has 0 aliphatic heterocycles. The zero-order valence-corrected chi connectivity index (χ0v) is 9.89. The van der Waals surface area contributed by atoms with E-state index in [-0.39, 0.29) is 0 Å². The molecule has 4 heteroatoms. The lowest BCUT2D eigenvalue weighted by atomic mass is 10.0. The van der Waals surface area contributed by atoms with Crippen LogP contribution in [0.3, 0.4) is 0 Å². The van der Waals surface area contributed by atoms with Gasteiger partial charge in [-0.25, -0.2) is 0 Å². The maximum atomic E-state index is 9.70. The summed E-state index contributed by atoms with van der Waals surface area (Å²) < 4.78 is 1.75. The zero-order valence-electron chi connectivity index (χ0n) is 9.13. The maximum absolute atomic E-state index is 9.70. The quantitative estimate of drug-likeness (QED) is 0.839. The topological polar surface area (TPSA) is 38.0 Å². The van der Waals surface area contributed by atoms with E-state index in [0.717, 1.165) is 17.8 Å². The minimum absolute atomic E-state index is 0.523. The molecule has 0 amide bonds. The van der Waals surface area contributed by atoms with E-state index < -0.39 is 5.60 Å². The van der Waals surface area contributed by atoms with Crippen LogP contribution in [-0.2, 0) is 19.9 Å². The second kappa shape index (κ2) is 3.91. The molecule has 0 radical (unpaired) electrons. The van der Waals surface area contributed by atoms with Crippen molar-refractivity contribution in [2.75, 3.05) is 0 Å². The Morgan fingerprint density at radius 2 is 2.07 bits per heavy atom. The van der Waals surface area contributed by atoms with Crippen LogP contribution in [0.4, 0.5) is 0 Å². The van der Waals surface area contributed by atoms with Gasteiger partial charge in [0.2, 0.25) is 0 Å². The summed E-state index contributed by atoms with van der Waals surface area (Å²) in [5.41, 5.74) is 1.05. The number of aromatic nitrogens is 2. The molecule has 1 aromatic rings. The molecule has 1 heterocycles. The van der Waals surface area contributed by atoms with E-state index in [2.05, 4.69) is 5.10 Å². The van der Waals surface area contributed by atoms with Gasteiger partial charge in [0.1, 0.15) is 0 Å². The molecule has 0 aliphatic rings. The summed E-state index contributed by atoms with van der Waals surface area (Å²) >= 11 is 6.14. The van der Waals surface area contributed by atoms with Crippen LogP contribution in [0.2, 0.25) is 5.02 Å². The minimum Gasteiger partial charge on any atom is -0.390 e. The van der Waals surface area contributed by atoms with E-state index in [1.165, 1.54) is 0 Å². The first-order valence-electron chi connectivity index (χ1n) is 4.77. The molecule has 0 unspecified atom stereocenters. The van der Waals surface area contributed by atoms with Crippen molar-refractivity contribution in [3.8, 4) is 0 Å². The van der Waals surface area contributed by atoms with Gasteiger partial charge < -0.3 is 5.11 Å². The molecule has 1 aromatic heterocycles. The Hall–Kier alpha value is -0.540. The van der Waals surface area contributed by atoms with E-state index in [1.54, 1.807) is 18.5 Å². The van der Waals surface area contributed by atoms with Crippen molar-refractivity contribution < 1.29 is 5.11 Å². The monoisotopic (exact) mass is 216 g/mol. The standard InChI is InChI=1S/C10H17ClN2O/c1-5-7-9(11)8(13(4)12-7)6-10(2,3)14/h14H,5-6H2,1-4H3. The Balaban J connectivity index is 3.03. The molecule has 3 nitrogen and oxygen atoms in total. The fourth-order valence-corrected chi connectivity index (χ4v) is 1.78. The number of rotatable bonds is 3. The summed E-state index contributed by atoms with van der Waals surface area (Å²) in [6, 6.07) is 0. The van der Waals surface area contributed by atoms with Crippen LogP contribution in [0, 0.1) is 0 Å². The summed E-state index contributed by atoms with van der Waals surface area (Å²) in [5, 5.41) is 14.7. The number of halogens is 1. The zero-order chi connectivity index (χ0) is 10.9. The lowest BCUT2D eigenvalue weighted by molar-refractivity contribution is 0.0789. The largest absolute Gasteiger partial charge is 0.390 e. The SMILES string of the molecule is CCc1nn(C)c(CC(C)(C)O)c1Cl. The van der Waals surface area contributed by atoms with Crippen molar-refractivity contribution in [2.45, 2.75) is 39.2 Å². The highest BCUT2D eigenvalue weighted by atomic mass is 35.5. The van der Waals surface area contributed by atoms with Gasteiger partial charge in [0.15, 0.2) is 0 Å². The molecule has 0 bridgehead atoms. The summed E-state index contributed by atoms with van der Waals surface area (Å²) in [6.07, 6.45) is 1.34. The Morgan fingerprint density at radius 3 is 2.43 bits per heavy atom. The van der Waals surface area contributed by atoms with E-state index in [1.807, 2.05) is 14.0 Å². The smallest absolute Gasteiger partial charge is 0.0850 e. The fraction of sp³-hybridized carbons (Fsp3) is 0.700. The number of nitrogens with zero attached hydrogens (tertiary/aromatic N) is 2. The number of aliphatic hydroxyl groups is 1. The van der Waals surface area contributed by atoms with E-state index in [9.17, 15) is 5.11 Å². The molecule has 80 valence electrons. The van der Waals surface area contributed by atoms with Gasteiger partial charge in [-0.2, -0.15) is 5.10 Å². The molecule has 1 rings (SSSR count).